The summed E-state index contributed by atoms with van der Waals surface area (Å²) in [6.07, 6.45) is 0. The summed E-state index contributed by atoms with van der Waals surface area (Å²) >= 11 is 3.45. The number of carboxylic acids is 1. The van der Waals surface area contributed by atoms with Gasteiger partial charge in [0.15, 0.2) is 0 Å². The van der Waals surface area contributed by atoms with Crippen LogP contribution >= 0.6 is 15.9 Å². The molecule has 3 aromatic carbocycles. The van der Waals surface area contributed by atoms with E-state index in [1.807, 2.05) is 30.3 Å². The number of amides is 1. The minimum Gasteiger partial charge on any atom is -0.496 e. The van der Waals surface area contributed by atoms with Crippen molar-refractivity contribution < 1.29 is 19.4 Å². The molecule has 0 spiro atoms. The minimum absolute atomic E-state index is 0.0289. The average molecular weight is 414 g/mol. The molecule has 26 heavy (non-hydrogen) atoms. The summed E-state index contributed by atoms with van der Waals surface area (Å²) in [5, 5.41) is 14.0. The van der Waals surface area contributed by atoms with Gasteiger partial charge in [-0.15, -0.1) is 0 Å². The number of nitrogens with one attached hydrogen (secondary N) is 1. The summed E-state index contributed by atoms with van der Waals surface area (Å²) in [7, 11) is 1.57. The molecule has 0 aliphatic carbocycles. The van der Waals surface area contributed by atoms with E-state index in [2.05, 4.69) is 21.2 Å². The summed E-state index contributed by atoms with van der Waals surface area (Å²) in [5.41, 5.74) is 0.930. The van der Waals surface area contributed by atoms with Crippen LogP contribution in [0.2, 0.25) is 0 Å². The Labute approximate surface area is 158 Å². The molecule has 0 bridgehead atoms. The normalized spacial score (nSPS) is 10.5. The van der Waals surface area contributed by atoms with Crippen molar-refractivity contribution in [3.05, 3.63) is 75.8 Å². The van der Waals surface area contributed by atoms with Gasteiger partial charge in [-0.05, 0) is 41.1 Å². The van der Waals surface area contributed by atoms with Crippen LogP contribution in [0.4, 0.5) is 0 Å². The number of ether oxygens (including phenoxy) is 1. The molecule has 6 heteroatoms. The van der Waals surface area contributed by atoms with E-state index in [4.69, 9.17) is 4.74 Å². The minimum atomic E-state index is -1.14. The fraction of sp³-hybridized carbons (Fsp3) is 0.100. The molecular formula is C20H16BrNO4. The summed E-state index contributed by atoms with van der Waals surface area (Å²) in [6.45, 7) is 0.217. The number of carbonyl (C=O) groups is 2. The molecule has 0 fully saturated rings. The summed E-state index contributed by atoms with van der Waals surface area (Å²) in [4.78, 5) is 23.8. The Balaban J connectivity index is 1.92. The molecule has 132 valence electrons. The summed E-state index contributed by atoms with van der Waals surface area (Å²) < 4.78 is 6.39. The molecule has 2 N–H and O–H groups in total. The van der Waals surface area contributed by atoms with E-state index in [9.17, 15) is 14.7 Å². The number of benzene rings is 3. The molecule has 1 amide bonds. The lowest BCUT2D eigenvalue weighted by Gasteiger charge is -2.14. The molecule has 3 rings (SSSR count). The number of hydrogen-bond donors (Lipinski definition) is 2. The average Bonchev–Trinajstić information content (AvgIpc) is 2.65. The van der Waals surface area contributed by atoms with Gasteiger partial charge in [0.25, 0.3) is 5.91 Å². The predicted molar refractivity (Wildman–Crippen MR) is 103 cm³/mol. The fourth-order valence-electron chi connectivity index (χ4n) is 2.85. The van der Waals surface area contributed by atoms with E-state index in [-0.39, 0.29) is 17.7 Å². The van der Waals surface area contributed by atoms with Gasteiger partial charge in [0, 0.05) is 16.6 Å². The van der Waals surface area contributed by atoms with Gasteiger partial charge in [-0.3, -0.25) is 4.79 Å². The number of carboxylic acid groups (broad SMARTS) is 1. The van der Waals surface area contributed by atoms with Crippen LogP contribution in [0.3, 0.4) is 0 Å². The number of carbonyl (C=O) groups excluding carboxylic acids is 1. The molecule has 0 heterocycles. The van der Waals surface area contributed by atoms with Gasteiger partial charge >= 0.3 is 5.97 Å². The standard InChI is InChI=1S/C20H16BrNO4/c1-26-18-9-6-12-10-13(21)7-8-14(12)17(18)11-22-19(23)15-4-2-3-5-16(15)20(24)25/h2-10H,11H2,1H3,(H,22,23)(H,24,25). The highest BCUT2D eigenvalue weighted by atomic mass is 79.9. The molecule has 0 saturated carbocycles. The number of methoxy groups -OCH3 is 1. The highest BCUT2D eigenvalue weighted by Crippen LogP contribution is 2.30. The van der Waals surface area contributed by atoms with Crippen LogP contribution in [-0.4, -0.2) is 24.1 Å². The SMILES string of the molecule is COc1ccc2cc(Br)ccc2c1CNC(=O)c1ccccc1C(=O)O. The maximum Gasteiger partial charge on any atom is 0.336 e. The van der Waals surface area contributed by atoms with Crippen LogP contribution in [0.25, 0.3) is 10.8 Å². The van der Waals surface area contributed by atoms with Gasteiger partial charge in [0.2, 0.25) is 0 Å². The van der Waals surface area contributed by atoms with Crippen molar-refractivity contribution in [2.75, 3.05) is 7.11 Å². The van der Waals surface area contributed by atoms with E-state index in [1.165, 1.54) is 12.1 Å². The van der Waals surface area contributed by atoms with Crippen molar-refractivity contribution >= 4 is 38.6 Å². The van der Waals surface area contributed by atoms with Crippen molar-refractivity contribution in [3.8, 4) is 5.75 Å². The van der Waals surface area contributed by atoms with Crippen molar-refractivity contribution in [1.82, 2.24) is 5.32 Å². The summed E-state index contributed by atoms with van der Waals surface area (Å²) in [5.74, 6) is -0.922. The smallest absolute Gasteiger partial charge is 0.336 e. The molecule has 0 aliphatic rings. The first kappa shape index (κ1) is 17.9. The fourth-order valence-corrected chi connectivity index (χ4v) is 3.23. The predicted octanol–water partition coefficient (Wildman–Crippen LogP) is 4.24. The largest absolute Gasteiger partial charge is 0.496 e. The first-order valence-electron chi connectivity index (χ1n) is 7.87. The first-order chi connectivity index (χ1) is 12.5. The van der Waals surface area contributed by atoms with Crippen LogP contribution in [0.15, 0.2) is 59.1 Å². The molecular weight excluding hydrogens is 398 g/mol. The van der Waals surface area contributed by atoms with Gasteiger partial charge in [-0.1, -0.05) is 40.2 Å². The number of rotatable bonds is 5. The Morgan fingerprint density at radius 1 is 1.08 bits per heavy atom. The van der Waals surface area contributed by atoms with Gasteiger partial charge in [0.05, 0.1) is 18.2 Å². The molecule has 0 atom stereocenters. The second-order valence-electron chi connectivity index (χ2n) is 5.65. The third-order valence-corrected chi connectivity index (χ3v) is 4.59. The topological polar surface area (TPSA) is 75.6 Å². The Morgan fingerprint density at radius 3 is 2.50 bits per heavy atom. The number of hydrogen-bond acceptors (Lipinski definition) is 3. The van der Waals surface area contributed by atoms with Crippen LogP contribution in [0.1, 0.15) is 26.3 Å². The van der Waals surface area contributed by atoms with Crippen molar-refractivity contribution in [3.63, 3.8) is 0 Å². The Morgan fingerprint density at radius 2 is 1.81 bits per heavy atom. The zero-order valence-corrected chi connectivity index (χ0v) is 15.5. The first-order valence-corrected chi connectivity index (χ1v) is 8.66. The lowest BCUT2D eigenvalue weighted by molar-refractivity contribution is 0.0691. The van der Waals surface area contributed by atoms with Crippen LogP contribution in [0.5, 0.6) is 5.75 Å². The monoisotopic (exact) mass is 413 g/mol. The molecule has 3 aromatic rings. The van der Waals surface area contributed by atoms with Gasteiger partial charge in [-0.2, -0.15) is 0 Å². The Kier molecular flexibility index (Phi) is 5.23. The lowest BCUT2D eigenvalue weighted by atomic mass is 10.0. The highest BCUT2D eigenvalue weighted by molar-refractivity contribution is 9.10. The molecule has 0 aliphatic heterocycles. The second-order valence-corrected chi connectivity index (χ2v) is 6.56. The van der Waals surface area contributed by atoms with Crippen LogP contribution in [0, 0.1) is 0 Å². The maximum absolute atomic E-state index is 12.5. The lowest BCUT2D eigenvalue weighted by Crippen LogP contribution is -2.25. The van der Waals surface area contributed by atoms with Crippen LogP contribution in [-0.2, 0) is 6.54 Å². The van der Waals surface area contributed by atoms with E-state index in [1.54, 1.807) is 19.2 Å². The summed E-state index contributed by atoms with van der Waals surface area (Å²) in [6, 6.07) is 15.8. The third kappa shape index (κ3) is 3.55. The second kappa shape index (κ2) is 7.58. The zero-order valence-electron chi connectivity index (χ0n) is 14.0. The Hall–Kier alpha value is -2.86. The maximum atomic E-state index is 12.5. The molecule has 5 nitrogen and oxygen atoms in total. The van der Waals surface area contributed by atoms with E-state index >= 15 is 0 Å². The number of aromatic carboxylic acids is 1. The molecule has 0 saturated heterocycles. The van der Waals surface area contributed by atoms with Gasteiger partial charge in [-0.25, -0.2) is 4.79 Å². The van der Waals surface area contributed by atoms with Gasteiger partial charge in [0.1, 0.15) is 5.75 Å². The quantitative estimate of drug-likeness (QED) is 0.655. The van der Waals surface area contributed by atoms with E-state index in [0.29, 0.717) is 5.75 Å². The highest BCUT2D eigenvalue weighted by Gasteiger charge is 2.17. The molecule has 0 radical (unpaired) electrons. The van der Waals surface area contributed by atoms with Crippen molar-refractivity contribution in [2.24, 2.45) is 0 Å². The Bertz CT molecular complexity index is 1000. The van der Waals surface area contributed by atoms with Crippen LogP contribution < -0.4 is 10.1 Å². The van der Waals surface area contributed by atoms with E-state index in [0.717, 1.165) is 20.8 Å². The molecule has 0 aromatic heterocycles. The zero-order chi connectivity index (χ0) is 18.7. The third-order valence-electron chi connectivity index (χ3n) is 4.10. The van der Waals surface area contributed by atoms with Gasteiger partial charge < -0.3 is 15.2 Å². The van der Waals surface area contributed by atoms with Crippen molar-refractivity contribution in [2.45, 2.75) is 6.54 Å². The molecule has 0 unspecified atom stereocenters. The number of fused-ring (bicyclic) bond motifs is 1. The van der Waals surface area contributed by atoms with Crippen molar-refractivity contribution in [1.29, 1.82) is 0 Å². The number of halogens is 1. The van der Waals surface area contributed by atoms with E-state index < -0.39 is 11.9 Å².